The fourth-order valence-electron chi connectivity index (χ4n) is 4.05. The van der Waals surface area contributed by atoms with Crippen molar-refractivity contribution in [2.45, 2.75) is 33.6 Å². The Bertz CT molecular complexity index is 1130. The van der Waals surface area contributed by atoms with E-state index in [1.807, 2.05) is 0 Å². The first kappa shape index (κ1) is 17.5. The van der Waals surface area contributed by atoms with E-state index in [0.29, 0.717) is 5.71 Å². The highest BCUT2D eigenvalue weighted by atomic mass is 14.4. The molecule has 0 fully saturated rings. The monoisotopic (exact) mass is 351 g/mol. The Morgan fingerprint density at radius 2 is 1.63 bits per heavy atom. The lowest BCUT2D eigenvalue weighted by molar-refractivity contribution is 1.10. The van der Waals surface area contributed by atoms with E-state index in [4.69, 9.17) is 0 Å². The normalized spacial score (nSPS) is 16.0. The van der Waals surface area contributed by atoms with E-state index in [1.165, 1.54) is 33.2 Å². The molecule has 0 aliphatic heterocycles. The van der Waals surface area contributed by atoms with Gasteiger partial charge < -0.3 is 0 Å². The first-order valence-corrected chi connectivity index (χ1v) is 9.51. The smallest absolute Gasteiger partial charge is 0.0696 e. The minimum atomic E-state index is 0.233. The average molecular weight is 351 g/mol. The summed E-state index contributed by atoms with van der Waals surface area (Å²) in [5.41, 5.74) is 8.95. The Balaban J connectivity index is 1.98. The van der Waals surface area contributed by atoms with Crippen LogP contribution < -0.4 is 0 Å². The highest BCUT2D eigenvalue weighted by molar-refractivity contribution is 6.19. The third kappa shape index (κ3) is 2.94. The van der Waals surface area contributed by atoms with Crippen LogP contribution in [0.15, 0.2) is 72.3 Å². The summed E-state index contributed by atoms with van der Waals surface area (Å²) in [5, 5.41) is 11.5. The zero-order chi connectivity index (χ0) is 19.1. The van der Waals surface area contributed by atoms with Crippen LogP contribution in [0.25, 0.3) is 10.8 Å². The topological polar surface area (TPSA) is 23.9 Å². The summed E-state index contributed by atoms with van der Waals surface area (Å²) >= 11 is 0. The van der Waals surface area contributed by atoms with E-state index >= 15 is 0 Å². The van der Waals surface area contributed by atoms with Gasteiger partial charge >= 0.3 is 0 Å². The Morgan fingerprint density at radius 3 is 2.37 bits per heavy atom. The van der Waals surface area contributed by atoms with Crippen LogP contribution in [0.5, 0.6) is 0 Å². The number of hydrogen-bond acceptors (Lipinski definition) is 1. The van der Waals surface area contributed by atoms with E-state index in [9.17, 15) is 5.41 Å². The molecule has 1 N–H and O–H groups in total. The number of hydrogen-bond donors (Lipinski definition) is 1. The summed E-state index contributed by atoms with van der Waals surface area (Å²) in [6.07, 6.45) is 6.70. The molecule has 0 aromatic heterocycles. The maximum Gasteiger partial charge on any atom is 0.0696 e. The maximum atomic E-state index is 9.17. The minimum Gasteiger partial charge on any atom is -0.300 e. The molecular formula is C26H25N. The van der Waals surface area contributed by atoms with Crippen LogP contribution in [0.3, 0.4) is 0 Å². The molecule has 1 nitrogen and oxygen atoms in total. The number of nitrogens with one attached hydrogen (secondary N) is 1. The van der Waals surface area contributed by atoms with Crippen molar-refractivity contribution < 1.29 is 0 Å². The highest BCUT2D eigenvalue weighted by Crippen LogP contribution is 2.35. The highest BCUT2D eigenvalue weighted by Gasteiger charge is 2.21. The summed E-state index contributed by atoms with van der Waals surface area (Å²) in [7, 11) is 0. The van der Waals surface area contributed by atoms with Crippen LogP contribution in [0.1, 0.15) is 46.2 Å². The third-order valence-corrected chi connectivity index (χ3v) is 5.91. The molecule has 1 aliphatic rings. The van der Waals surface area contributed by atoms with Gasteiger partial charge in [-0.15, -0.1) is 0 Å². The molecule has 3 aromatic rings. The van der Waals surface area contributed by atoms with Gasteiger partial charge in [0.1, 0.15) is 0 Å². The van der Waals surface area contributed by atoms with Gasteiger partial charge in [0.15, 0.2) is 0 Å². The van der Waals surface area contributed by atoms with Crippen molar-refractivity contribution >= 4 is 16.5 Å². The molecule has 1 heteroatoms. The molecule has 0 heterocycles. The molecule has 1 aliphatic carbocycles. The van der Waals surface area contributed by atoms with Crippen LogP contribution in [0, 0.1) is 26.2 Å². The molecule has 0 saturated heterocycles. The van der Waals surface area contributed by atoms with Crippen molar-refractivity contribution in [1.82, 2.24) is 0 Å². The van der Waals surface area contributed by atoms with Crippen molar-refractivity contribution in [1.29, 1.82) is 5.41 Å². The summed E-state index contributed by atoms with van der Waals surface area (Å²) in [4.78, 5) is 0. The van der Waals surface area contributed by atoms with Crippen molar-refractivity contribution in [3.05, 3.63) is 106 Å². The summed E-state index contributed by atoms with van der Waals surface area (Å²) in [5.74, 6) is 0.233. The third-order valence-electron chi connectivity index (χ3n) is 5.91. The second-order valence-electron chi connectivity index (χ2n) is 7.60. The van der Waals surface area contributed by atoms with Gasteiger partial charge in [-0.25, -0.2) is 0 Å². The predicted molar refractivity (Wildman–Crippen MR) is 116 cm³/mol. The van der Waals surface area contributed by atoms with E-state index in [2.05, 4.69) is 94.5 Å². The molecule has 0 amide bonds. The van der Waals surface area contributed by atoms with Gasteiger partial charge in [-0.1, -0.05) is 72.3 Å². The summed E-state index contributed by atoms with van der Waals surface area (Å²) in [6.45, 7) is 8.56. The molecule has 1 unspecified atom stereocenters. The van der Waals surface area contributed by atoms with Crippen LogP contribution in [-0.4, -0.2) is 5.71 Å². The molecule has 4 rings (SSSR count). The zero-order valence-corrected chi connectivity index (χ0v) is 16.4. The van der Waals surface area contributed by atoms with E-state index in [0.717, 1.165) is 16.5 Å². The van der Waals surface area contributed by atoms with Gasteiger partial charge in [0.25, 0.3) is 0 Å². The van der Waals surface area contributed by atoms with Crippen molar-refractivity contribution in [3.63, 3.8) is 0 Å². The van der Waals surface area contributed by atoms with Gasteiger partial charge in [-0.2, -0.15) is 0 Å². The first-order valence-electron chi connectivity index (χ1n) is 9.51. The Kier molecular flexibility index (Phi) is 4.31. The Morgan fingerprint density at radius 1 is 0.852 bits per heavy atom. The average Bonchev–Trinajstić information content (AvgIpc) is 3.11. The van der Waals surface area contributed by atoms with Crippen LogP contribution in [-0.2, 0) is 0 Å². The number of fused-ring (bicyclic) bond motifs is 1. The Labute approximate surface area is 161 Å². The molecule has 27 heavy (non-hydrogen) atoms. The zero-order valence-electron chi connectivity index (χ0n) is 16.4. The van der Waals surface area contributed by atoms with Gasteiger partial charge in [0.2, 0.25) is 0 Å². The van der Waals surface area contributed by atoms with Crippen molar-refractivity contribution in [2.24, 2.45) is 0 Å². The molecule has 134 valence electrons. The maximum absolute atomic E-state index is 9.17. The fraction of sp³-hybridized carbons (Fsp3) is 0.192. The van der Waals surface area contributed by atoms with Crippen molar-refractivity contribution in [3.8, 4) is 0 Å². The Hall–Kier alpha value is -2.93. The lowest BCUT2D eigenvalue weighted by Gasteiger charge is -2.19. The first-order chi connectivity index (χ1) is 13.0. The lowest BCUT2D eigenvalue weighted by atomic mass is 9.84. The second kappa shape index (κ2) is 6.66. The number of aryl methyl sites for hydroxylation is 1. The number of benzene rings is 3. The van der Waals surface area contributed by atoms with Gasteiger partial charge in [0, 0.05) is 17.0 Å². The molecule has 1 atom stereocenters. The molecular weight excluding hydrogens is 326 g/mol. The second-order valence-corrected chi connectivity index (χ2v) is 7.60. The van der Waals surface area contributed by atoms with E-state index < -0.39 is 0 Å². The molecule has 0 spiro atoms. The SMILES string of the molecule is CC1=CC(c2ccc3ccccc3c2C(=N)c2ccc(C)c(C)c2C)C=C1. The van der Waals surface area contributed by atoms with E-state index in [-0.39, 0.29) is 5.92 Å². The van der Waals surface area contributed by atoms with Gasteiger partial charge in [-0.3, -0.25) is 5.41 Å². The lowest BCUT2D eigenvalue weighted by Crippen LogP contribution is -2.11. The molecule has 0 radical (unpaired) electrons. The fourth-order valence-corrected chi connectivity index (χ4v) is 4.05. The standard InChI is InChI=1S/C26H25N/c1-16-9-11-21(15-16)24-14-12-20-7-5-6-8-23(20)25(24)26(27)22-13-10-17(2)18(3)19(22)4/h5-15,21,27H,1-4H3. The van der Waals surface area contributed by atoms with Gasteiger partial charge in [-0.05, 0) is 60.7 Å². The van der Waals surface area contributed by atoms with Crippen molar-refractivity contribution in [2.75, 3.05) is 0 Å². The summed E-state index contributed by atoms with van der Waals surface area (Å²) < 4.78 is 0. The summed E-state index contributed by atoms with van der Waals surface area (Å²) in [6, 6.07) is 17.0. The van der Waals surface area contributed by atoms with Gasteiger partial charge in [0.05, 0.1) is 5.71 Å². The largest absolute Gasteiger partial charge is 0.300 e. The minimum absolute atomic E-state index is 0.233. The van der Waals surface area contributed by atoms with E-state index in [1.54, 1.807) is 0 Å². The number of rotatable bonds is 3. The molecule has 3 aromatic carbocycles. The van der Waals surface area contributed by atoms with Crippen LogP contribution in [0.4, 0.5) is 0 Å². The molecule has 0 saturated carbocycles. The van der Waals surface area contributed by atoms with Crippen LogP contribution in [0.2, 0.25) is 0 Å². The van der Waals surface area contributed by atoms with Crippen LogP contribution >= 0.6 is 0 Å². The predicted octanol–water partition coefficient (Wildman–Crippen LogP) is 6.78. The quantitative estimate of drug-likeness (QED) is 0.503. The number of allylic oxidation sites excluding steroid dienone is 4. The molecule has 0 bridgehead atoms.